The molecule has 7 rings (SSSR count). The van der Waals surface area contributed by atoms with Crippen molar-refractivity contribution >= 4 is 27.5 Å². The van der Waals surface area contributed by atoms with Crippen LogP contribution in [0.1, 0.15) is 18.7 Å². The molecule has 0 radical (unpaired) electrons. The van der Waals surface area contributed by atoms with E-state index in [-0.39, 0.29) is 23.9 Å². The lowest BCUT2D eigenvalue weighted by molar-refractivity contribution is 0.244. The summed E-state index contributed by atoms with van der Waals surface area (Å²) in [6, 6.07) is 15.3. The molecular formula is C28H24FN5O3. The van der Waals surface area contributed by atoms with E-state index in [2.05, 4.69) is 20.2 Å². The lowest BCUT2D eigenvalue weighted by Crippen LogP contribution is -2.51. The summed E-state index contributed by atoms with van der Waals surface area (Å²) < 4.78 is 27.4. The highest BCUT2D eigenvalue weighted by Crippen LogP contribution is 2.39. The van der Waals surface area contributed by atoms with E-state index in [1.165, 1.54) is 12.5 Å². The van der Waals surface area contributed by atoms with Crippen LogP contribution in [0, 0.1) is 5.82 Å². The first-order chi connectivity index (χ1) is 18.1. The lowest BCUT2D eigenvalue weighted by Gasteiger charge is -2.34. The van der Waals surface area contributed by atoms with E-state index in [9.17, 15) is 5.11 Å². The highest BCUT2D eigenvalue weighted by molar-refractivity contribution is 6.01. The van der Waals surface area contributed by atoms with Crippen LogP contribution in [0.25, 0.3) is 32.8 Å². The van der Waals surface area contributed by atoms with Crippen LogP contribution in [-0.4, -0.2) is 45.2 Å². The Balaban J connectivity index is 1.39. The molecule has 2 atom stereocenters. The van der Waals surface area contributed by atoms with Crippen LogP contribution in [0.4, 0.5) is 10.2 Å². The number of ether oxygens (including phenoxy) is 1. The molecule has 2 aromatic heterocycles. The van der Waals surface area contributed by atoms with Crippen molar-refractivity contribution in [1.29, 1.82) is 0 Å². The Kier molecular flexibility index (Phi) is 5.17. The highest BCUT2D eigenvalue weighted by Gasteiger charge is 2.34. The largest absolute Gasteiger partial charge is 0.508 e. The summed E-state index contributed by atoms with van der Waals surface area (Å²) in [5, 5.41) is 16.3. The first-order valence-electron chi connectivity index (χ1n) is 12.4. The third-order valence-corrected chi connectivity index (χ3v) is 7.23. The van der Waals surface area contributed by atoms with Gasteiger partial charge in [-0.2, -0.15) is 9.97 Å². The molecule has 0 saturated carbocycles. The predicted octanol–water partition coefficient (Wildman–Crippen LogP) is 4.80. The van der Waals surface area contributed by atoms with Gasteiger partial charge in [0.2, 0.25) is 5.89 Å². The highest BCUT2D eigenvalue weighted by atomic mass is 19.1. The topological polar surface area (TPSA) is 96.5 Å². The fraction of sp³-hybridized carbons (Fsp3) is 0.250. The van der Waals surface area contributed by atoms with E-state index in [4.69, 9.17) is 14.1 Å². The minimum atomic E-state index is -0.490. The maximum absolute atomic E-state index is 16.3. The van der Waals surface area contributed by atoms with Gasteiger partial charge >= 0.3 is 6.01 Å². The molecular weight excluding hydrogens is 473 g/mol. The van der Waals surface area contributed by atoms with Crippen LogP contribution >= 0.6 is 0 Å². The van der Waals surface area contributed by atoms with E-state index >= 15 is 4.39 Å². The Hall–Kier alpha value is -4.24. The fourth-order valence-corrected chi connectivity index (χ4v) is 5.58. The molecule has 2 fully saturated rings. The molecule has 9 heteroatoms. The van der Waals surface area contributed by atoms with Crippen LogP contribution in [0.15, 0.2) is 65.4 Å². The number of hydrogen-bond donors (Lipinski definition) is 2. The Bertz CT molecular complexity index is 1610. The summed E-state index contributed by atoms with van der Waals surface area (Å²) in [5.41, 5.74) is 1.11. The van der Waals surface area contributed by atoms with Crippen molar-refractivity contribution in [1.82, 2.24) is 20.3 Å². The first-order valence-corrected chi connectivity index (χ1v) is 12.4. The first kappa shape index (κ1) is 22.0. The number of aromatic hydroxyl groups is 1. The number of oxazole rings is 1. The van der Waals surface area contributed by atoms with Gasteiger partial charge < -0.3 is 24.5 Å². The summed E-state index contributed by atoms with van der Waals surface area (Å²) in [6.45, 7) is 1.59. The Labute approximate surface area is 211 Å². The molecule has 2 N–H and O–H groups in total. The molecule has 8 nitrogen and oxygen atoms in total. The van der Waals surface area contributed by atoms with Crippen molar-refractivity contribution in [2.24, 2.45) is 0 Å². The number of piperazine rings is 1. The smallest absolute Gasteiger partial charge is 0.319 e. The van der Waals surface area contributed by atoms with E-state index in [0.717, 1.165) is 36.7 Å². The Morgan fingerprint density at radius 2 is 1.86 bits per heavy atom. The van der Waals surface area contributed by atoms with Gasteiger partial charge in [0.15, 0.2) is 12.4 Å². The van der Waals surface area contributed by atoms with Crippen LogP contribution in [-0.2, 0) is 6.61 Å². The summed E-state index contributed by atoms with van der Waals surface area (Å²) in [6.07, 6.45) is 5.22. The number of fused-ring (bicyclic) bond motifs is 4. The van der Waals surface area contributed by atoms with Crippen molar-refractivity contribution < 1.29 is 18.7 Å². The van der Waals surface area contributed by atoms with Crippen molar-refractivity contribution in [3.05, 3.63) is 72.7 Å². The van der Waals surface area contributed by atoms with Crippen molar-refractivity contribution in [2.75, 3.05) is 18.0 Å². The van der Waals surface area contributed by atoms with Gasteiger partial charge in [0, 0.05) is 36.1 Å². The number of phenolic OH excluding ortho intramolecular Hbond substituents is 1. The third-order valence-electron chi connectivity index (χ3n) is 7.23. The molecule has 2 aliphatic heterocycles. The zero-order valence-electron chi connectivity index (χ0n) is 19.9. The van der Waals surface area contributed by atoms with Crippen LogP contribution in [0.3, 0.4) is 0 Å². The number of benzene rings is 3. The number of rotatable bonds is 5. The molecule has 5 aromatic rings. The van der Waals surface area contributed by atoms with Gasteiger partial charge in [-0.05, 0) is 47.4 Å². The third kappa shape index (κ3) is 3.92. The zero-order chi connectivity index (χ0) is 24.9. The zero-order valence-corrected chi connectivity index (χ0v) is 19.9. The monoisotopic (exact) mass is 497 g/mol. The minimum Gasteiger partial charge on any atom is -0.508 e. The molecule has 0 aliphatic carbocycles. The summed E-state index contributed by atoms with van der Waals surface area (Å²) in [7, 11) is 0. The fourth-order valence-electron chi connectivity index (χ4n) is 5.58. The summed E-state index contributed by atoms with van der Waals surface area (Å²) >= 11 is 0. The maximum Gasteiger partial charge on any atom is 0.319 e. The second-order valence-corrected chi connectivity index (χ2v) is 9.62. The molecule has 0 spiro atoms. The number of nitrogens with zero attached hydrogens (tertiary/aromatic N) is 4. The Morgan fingerprint density at radius 1 is 1.03 bits per heavy atom. The van der Waals surface area contributed by atoms with E-state index in [0.29, 0.717) is 40.3 Å². The molecule has 2 unspecified atom stereocenters. The second-order valence-electron chi connectivity index (χ2n) is 9.62. The SMILES string of the molecule is Oc1cc(-c2ccc3c(N4CC5CCC(C4)N5)nc(OCc4ncco4)nc3c2F)c2ccccc2c1. The molecule has 0 amide bonds. The van der Waals surface area contributed by atoms with Gasteiger partial charge in [-0.1, -0.05) is 30.3 Å². The normalized spacial score (nSPS) is 19.1. The van der Waals surface area contributed by atoms with Gasteiger partial charge in [0.25, 0.3) is 0 Å². The number of anilines is 1. The van der Waals surface area contributed by atoms with Gasteiger partial charge in [-0.25, -0.2) is 9.37 Å². The number of halogens is 1. The van der Waals surface area contributed by atoms with Crippen molar-refractivity contribution in [3.8, 4) is 22.9 Å². The number of aromatic nitrogens is 3. The molecule has 4 heterocycles. The molecule has 3 aromatic carbocycles. The molecule has 186 valence electrons. The average molecular weight is 498 g/mol. The molecule has 37 heavy (non-hydrogen) atoms. The summed E-state index contributed by atoms with van der Waals surface area (Å²) in [5.74, 6) is 0.613. The second kappa shape index (κ2) is 8.70. The minimum absolute atomic E-state index is 0.0310. The average Bonchev–Trinajstić information content (AvgIpc) is 3.56. The van der Waals surface area contributed by atoms with E-state index in [1.807, 2.05) is 30.3 Å². The van der Waals surface area contributed by atoms with Gasteiger partial charge in [0.05, 0.1) is 6.20 Å². The number of hydrogen-bond acceptors (Lipinski definition) is 8. The van der Waals surface area contributed by atoms with E-state index < -0.39 is 5.82 Å². The van der Waals surface area contributed by atoms with Crippen LogP contribution in [0.2, 0.25) is 0 Å². The Morgan fingerprint density at radius 3 is 2.68 bits per heavy atom. The standard InChI is InChI=1S/C28H24FN5O3/c29-25-21(23-12-19(35)11-16-3-1-2-4-20(16)23)7-8-22-26(25)32-28(37-15-24-30-9-10-36-24)33-27(22)34-13-17-5-6-18(14-34)31-17/h1-4,7-12,17-18,31,35H,5-6,13-15H2. The van der Waals surface area contributed by atoms with Gasteiger partial charge in [-0.15, -0.1) is 0 Å². The van der Waals surface area contributed by atoms with Crippen molar-refractivity contribution in [3.63, 3.8) is 0 Å². The molecule has 2 saturated heterocycles. The lowest BCUT2D eigenvalue weighted by atomic mass is 9.96. The van der Waals surface area contributed by atoms with Crippen LogP contribution < -0.4 is 15.0 Å². The molecule has 2 aliphatic rings. The van der Waals surface area contributed by atoms with Crippen LogP contribution in [0.5, 0.6) is 11.8 Å². The van der Waals surface area contributed by atoms with Gasteiger partial charge in [-0.3, -0.25) is 0 Å². The summed E-state index contributed by atoms with van der Waals surface area (Å²) in [4.78, 5) is 15.5. The van der Waals surface area contributed by atoms with Crippen molar-refractivity contribution in [2.45, 2.75) is 31.5 Å². The maximum atomic E-state index is 16.3. The number of phenols is 1. The van der Waals surface area contributed by atoms with E-state index in [1.54, 1.807) is 18.2 Å². The predicted molar refractivity (Wildman–Crippen MR) is 137 cm³/mol. The number of nitrogens with one attached hydrogen (secondary N) is 1. The molecule has 2 bridgehead atoms. The quantitative estimate of drug-likeness (QED) is 0.357. The van der Waals surface area contributed by atoms with Gasteiger partial charge in [0.1, 0.15) is 23.3 Å².